The van der Waals surface area contributed by atoms with Crippen molar-refractivity contribution in [3.05, 3.63) is 65.2 Å². The monoisotopic (exact) mass is 261 g/mol. The van der Waals surface area contributed by atoms with Crippen molar-refractivity contribution in [3.63, 3.8) is 0 Å². The molecule has 5 heteroatoms. The normalized spacial score (nSPS) is 10.4. The van der Waals surface area contributed by atoms with E-state index in [1.807, 2.05) is 12.1 Å². The summed E-state index contributed by atoms with van der Waals surface area (Å²) in [5.74, 6) is -2.03. The van der Waals surface area contributed by atoms with Gasteiger partial charge in [0.15, 0.2) is 0 Å². The lowest BCUT2D eigenvalue weighted by atomic mass is 10.1. The minimum Gasteiger partial charge on any atom is -0.478 e. The van der Waals surface area contributed by atoms with Crippen LogP contribution in [0.3, 0.4) is 0 Å². The topological polar surface area (TPSA) is 59.4 Å². The molecule has 0 aliphatic carbocycles. The number of hydrogen-bond acceptors (Lipinski definition) is 3. The summed E-state index contributed by atoms with van der Waals surface area (Å²) in [5, 5.41) is 8.70. The lowest BCUT2D eigenvalue weighted by molar-refractivity contribution is 0.0691. The highest BCUT2D eigenvalue weighted by molar-refractivity contribution is 5.87. The van der Waals surface area contributed by atoms with Crippen molar-refractivity contribution in [3.8, 4) is 0 Å². The number of carboxylic acid groups (broad SMARTS) is 1. The molecule has 0 aliphatic heterocycles. The number of carboxylic acids is 1. The first-order valence-corrected chi connectivity index (χ1v) is 5.65. The van der Waals surface area contributed by atoms with Gasteiger partial charge in [-0.3, -0.25) is 4.98 Å². The van der Waals surface area contributed by atoms with Crippen LogP contribution in [0, 0.1) is 5.82 Å². The van der Waals surface area contributed by atoms with Crippen LogP contribution in [0.4, 0.5) is 4.39 Å². The lowest BCUT2D eigenvalue weighted by Gasteiger charge is -2.05. The van der Waals surface area contributed by atoms with E-state index in [1.165, 1.54) is 12.1 Å². The third-order valence-corrected chi connectivity index (χ3v) is 2.55. The Morgan fingerprint density at radius 2 is 1.84 bits per heavy atom. The van der Waals surface area contributed by atoms with E-state index in [-0.39, 0.29) is 12.2 Å². The van der Waals surface area contributed by atoms with Gasteiger partial charge in [0.1, 0.15) is 5.82 Å². The van der Waals surface area contributed by atoms with Gasteiger partial charge >= 0.3 is 5.97 Å². The number of carbonyl (C=O) groups is 1. The summed E-state index contributed by atoms with van der Waals surface area (Å²) in [5.41, 5.74) is 1.23. The van der Waals surface area contributed by atoms with Crippen LogP contribution in [0.2, 0.25) is 0 Å². The zero-order valence-corrected chi connectivity index (χ0v) is 10.0. The molecule has 0 amide bonds. The Bertz CT molecular complexity index is 572. The van der Waals surface area contributed by atoms with E-state index in [4.69, 9.17) is 9.84 Å². The van der Waals surface area contributed by atoms with Gasteiger partial charge in [0, 0.05) is 12.4 Å². The van der Waals surface area contributed by atoms with Gasteiger partial charge < -0.3 is 9.84 Å². The van der Waals surface area contributed by atoms with Crippen LogP contribution in [0.1, 0.15) is 21.5 Å². The van der Waals surface area contributed by atoms with E-state index in [0.717, 1.165) is 5.56 Å². The fourth-order valence-corrected chi connectivity index (χ4v) is 1.59. The first-order chi connectivity index (χ1) is 9.16. The average Bonchev–Trinajstić information content (AvgIpc) is 2.39. The number of halogens is 1. The van der Waals surface area contributed by atoms with Gasteiger partial charge in [0.25, 0.3) is 0 Å². The van der Waals surface area contributed by atoms with Gasteiger partial charge in [0.05, 0.1) is 18.8 Å². The lowest BCUT2D eigenvalue weighted by Crippen LogP contribution is -2.02. The fourth-order valence-electron chi connectivity index (χ4n) is 1.59. The first-order valence-electron chi connectivity index (χ1n) is 5.65. The van der Waals surface area contributed by atoms with Crippen LogP contribution in [0.5, 0.6) is 0 Å². The number of rotatable bonds is 5. The number of aromatic carboxylic acids is 1. The summed E-state index contributed by atoms with van der Waals surface area (Å²) in [6, 6.07) is 7.61. The second kappa shape index (κ2) is 6.06. The maximum atomic E-state index is 13.4. The van der Waals surface area contributed by atoms with E-state index in [2.05, 4.69) is 4.98 Å². The minimum atomic E-state index is -1.28. The highest BCUT2D eigenvalue weighted by Gasteiger charge is 2.10. The summed E-state index contributed by atoms with van der Waals surface area (Å²) in [7, 11) is 0. The maximum Gasteiger partial charge on any atom is 0.338 e. The molecule has 0 radical (unpaired) electrons. The number of benzene rings is 1. The van der Waals surface area contributed by atoms with Crippen LogP contribution in [-0.2, 0) is 18.0 Å². The van der Waals surface area contributed by atoms with Crippen LogP contribution in [0.15, 0.2) is 42.7 Å². The molecule has 1 N–H and O–H groups in total. The van der Waals surface area contributed by atoms with E-state index in [0.29, 0.717) is 12.2 Å². The van der Waals surface area contributed by atoms with Gasteiger partial charge in [-0.1, -0.05) is 6.07 Å². The highest BCUT2D eigenvalue weighted by atomic mass is 19.1. The average molecular weight is 261 g/mol. The van der Waals surface area contributed by atoms with Crippen molar-refractivity contribution in [1.29, 1.82) is 0 Å². The van der Waals surface area contributed by atoms with Gasteiger partial charge in [0.2, 0.25) is 0 Å². The number of aromatic nitrogens is 1. The molecule has 0 saturated carbocycles. The van der Waals surface area contributed by atoms with Crippen molar-refractivity contribution in [2.45, 2.75) is 13.2 Å². The minimum absolute atomic E-state index is 0.221. The van der Waals surface area contributed by atoms with Crippen LogP contribution in [0.25, 0.3) is 0 Å². The molecular formula is C14H12FNO3. The number of pyridine rings is 1. The Hall–Kier alpha value is -2.27. The Kier molecular flexibility index (Phi) is 4.20. The molecule has 0 unspecified atom stereocenters. The Morgan fingerprint density at radius 3 is 2.47 bits per heavy atom. The van der Waals surface area contributed by atoms with Crippen molar-refractivity contribution in [2.75, 3.05) is 0 Å². The van der Waals surface area contributed by atoms with Gasteiger partial charge in [-0.2, -0.15) is 0 Å². The molecule has 98 valence electrons. The summed E-state index contributed by atoms with van der Waals surface area (Å²) in [4.78, 5) is 14.5. The summed E-state index contributed by atoms with van der Waals surface area (Å²) in [6.07, 6.45) is 3.33. The third kappa shape index (κ3) is 3.59. The van der Waals surface area contributed by atoms with E-state index >= 15 is 0 Å². The van der Waals surface area contributed by atoms with Crippen LogP contribution < -0.4 is 0 Å². The smallest absolute Gasteiger partial charge is 0.338 e. The molecule has 19 heavy (non-hydrogen) atoms. The SMILES string of the molecule is O=C(O)c1ccc(COCc2ccncc2)cc1F. The summed E-state index contributed by atoms with van der Waals surface area (Å²) in [6.45, 7) is 0.615. The zero-order chi connectivity index (χ0) is 13.7. The standard InChI is InChI=1S/C14H12FNO3/c15-13-7-11(1-2-12(13)14(17)18)9-19-8-10-3-5-16-6-4-10/h1-7H,8-9H2,(H,17,18). The second-order valence-electron chi connectivity index (χ2n) is 3.97. The Morgan fingerprint density at radius 1 is 1.16 bits per heavy atom. The fraction of sp³-hybridized carbons (Fsp3) is 0.143. The summed E-state index contributed by atoms with van der Waals surface area (Å²) < 4.78 is 18.8. The predicted octanol–water partition coefficient (Wildman–Crippen LogP) is 2.64. The van der Waals surface area contributed by atoms with Crippen molar-refractivity contribution < 1.29 is 19.0 Å². The number of hydrogen-bond donors (Lipinski definition) is 1. The second-order valence-corrected chi connectivity index (χ2v) is 3.97. The molecule has 2 rings (SSSR count). The van der Waals surface area contributed by atoms with Gasteiger partial charge in [-0.25, -0.2) is 9.18 Å². The Balaban J connectivity index is 1.93. The highest BCUT2D eigenvalue weighted by Crippen LogP contribution is 2.12. The quantitative estimate of drug-likeness (QED) is 0.898. The molecule has 0 aliphatic rings. The Labute approximate surface area is 109 Å². The van der Waals surface area contributed by atoms with E-state index < -0.39 is 11.8 Å². The molecule has 0 bridgehead atoms. The third-order valence-electron chi connectivity index (χ3n) is 2.55. The van der Waals surface area contributed by atoms with Crippen molar-refractivity contribution in [1.82, 2.24) is 4.98 Å². The van der Waals surface area contributed by atoms with Gasteiger partial charge in [-0.15, -0.1) is 0 Å². The first kappa shape index (κ1) is 13.2. The maximum absolute atomic E-state index is 13.4. The zero-order valence-electron chi connectivity index (χ0n) is 10.0. The summed E-state index contributed by atoms with van der Waals surface area (Å²) >= 11 is 0. The van der Waals surface area contributed by atoms with Crippen molar-refractivity contribution in [2.24, 2.45) is 0 Å². The van der Waals surface area contributed by atoms with E-state index in [1.54, 1.807) is 18.5 Å². The molecule has 0 spiro atoms. The molecule has 0 fully saturated rings. The molecule has 0 saturated heterocycles. The molecular weight excluding hydrogens is 249 g/mol. The molecule has 4 nitrogen and oxygen atoms in total. The molecule has 2 aromatic rings. The number of ether oxygens (including phenoxy) is 1. The molecule has 1 aromatic heterocycles. The molecule has 0 atom stereocenters. The number of nitrogens with zero attached hydrogens (tertiary/aromatic N) is 1. The van der Waals surface area contributed by atoms with Crippen LogP contribution >= 0.6 is 0 Å². The van der Waals surface area contributed by atoms with E-state index in [9.17, 15) is 9.18 Å². The largest absolute Gasteiger partial charge is 0.478 e. The van der Waals surface area contributed by atoms with Crippen LogP contribution in [-0.4, -0.2) is 16.1 Å². The predicted molar refractivity (Wildman–Crippen MR) is 66.1 cm³/mol. The molecule has 1 heterocycles. The van der Waals surface area contributed by atoms with Crippen molar-refractivity contribution >= 4 is 5.97 Å². The van der Waals surface area contributed by atoms with Gasteiger partial charge in [-0.05, 0) is 35.4 Å². The molecule has 1 aromatic carbocycles.